The molecule has 3 amide bonds. The molecule has 0 radical (unpaired) electrons. The van der Waals surface area contributed by atoms with Crippen LogP contribution in [-0.4, -0.2) is 74.9 Å². The molecular formula is C25H36N6O5S. The summed E-state index contributed by atoms with van der Waals surface area (Å²) in [5.74, 6) is -2.46. The van der Waals surface area contributed by atoms with Crippen LogP contribution in [0.2, 0.25) is 0 Å². The quantitative estimate of drug-likeness (QED) is 0.191. The molecule has 0 spiro atoms. The average Bonchev–Trinajstić information content (AvgIpc) is 3.38. The van der Waals surface area contributed by atoms with Crippen molar-refractivity contribution in [2.24, 2.45) is 11.7 Å². The van der Waals surface area contributed by atoms with Crippen LogP contribution in [0.4, 0.5) is 0 Å². The van der Waals surface area contributed by atoms with E-state index in [9.17, 15) is 24.3 Å². The van der Waals surface area contributed by atoms with E-state index in [1.165, 1.54) is 24.3 Å². The summed E-state index contributed by atoms with van der Waals surface area (Å²) in [4.78, 5) is 57.6. The zero-order valence-corrected chi connectivity index (χ0v) is 22.1. The number of aliphatic carboxylic acids is 1. The molecule has 0 saturated carbocycles. The van der Waals surface area contributed by atoms with Gasteiger partial charge in [-0.1, -0.05) is 44.2 Å². The Balaban J connectivity index is 2.19. The lowest BCUT2D eigenvalue weighted by Crippen LogP contribution is -2.58. The highest BCUT2D eigenvalue weighted by atomic mass is 32.2. The van der Waals surface area contributed by atoms with E-state index in [4.69, 9.17) is 5.73 Å². The Kier molecular flexibility index (Phi) is 12.1. The maximum atomic E-state index is 13.3. The van der Waals surface area contributed by atoms with Crippen molar-refractivity contribution >= 4 is 35.5 Å². The number of imidazole rings is 1. The number of aromatic nitrogens is 2. The second-order valence-electron chi connectivity index (χ2n) is 9.04. The van der Waals surface area contributed by atoms with E-state index in [-0.39, 0.29) is 25.2 Å². The van der Waals surface area contributed by atoms with Gasteiger partial charge in [0.25, 0.3) is 0 Å². The molecule has 0 fully saturated rings. The molecule has 1 aromatic heterocycles. The van der Waals surface area contributed by atoms with E-state index in [1.54, 1.807) is 13.8 Å². The van der Waals surface area contributed by atoms with Gasteiger partial charge in [-0.3, -0.25) is 14.4 Å². The van der Waals surface area contributed by atoms with Crippen LogP contribution in [0.25, 0.3) is 0 Å². The number of aromatic amines is 1. The normalized spacial score (nSPS) is 14.3. The van der Waals surface area contributed by atoms with Crippen LogP contribution in [0.3, 0.4) is 0 Å². The van der Waals surface area contributed by atoms with Crippen molar-refractivity contribution in [1.82, 2.24) is 25.9 Å². The molecule has 0 bridgehead atoms. The highest BCUT2D eigenvalue weighted by Gasteiger charge is 2.31. The number of thioether (sulfide) groups is 1. The van der Waals surface area contributed by atoms with Gasteiger partial charge in [0.1, 0.15) is 18.1 Å². The first-order chi connectivity index (χ1) is 17.6. The van der Waals surface area contributed by atoms with E-state index >= 15 is 0 Å². The number of carbonyl (C=O) groups is 4. The molecule has 2 rings (SSSR count). The van der Waals surface area contributed by atoms with Crippen molar-refractivity contribution in [2.75, 3.05) is 12.0 Å². The maximum absolute atomic E-state index is 13.3. The van der Waals surface area contributed by atoms with Crippen molar-refractivity contribution in [3.8, 4) is 0 Å². The number of rotatable bonds is 15. The highest BCUT2D eigenvalue weighted by molar-refractivity contribution is 7.98. The molecule has 202 valence electrons. The van der Waals surface area contributed by atoms with E-state index in [0.29, 0.717) is 11.4 Å². The second-order valence-corrected chi connectivity index (χ2v) is 10.0. The molecule has 0 saturated heterocycles. The van der Waals surface area contributed by atoms with Gasteiger partial charge in [-0.25, -0.2) is 9.78 Å². The van der Waals surface area contributed by atoms with Gasteiger partial charge in [0.15, 0.2) is 0 Å². The van der Waals surface area contributed by atoms with Gasteiger partial charge >= 0.3 is 5.97 Å². The van der Waals surface area contributed by atoms with Gasteiger partial charge in [-0.15, -0.1) is 0 Å². The molecule has 12 heteroatoms. The number of hydrogen-bond donors (Lipinski definition) is 6. The Morgan fingerprint density at radius 1 is 0.973 bits per heavy atom. The molecule has 0 aliphatic rings. The lowest BCUT2D eigenvalue weighted by molar-refractivity contribution is -0.142. The molecule has 0 aliphatic heterocycles. The first-order valence-corrected chi connectivity index (χ1v) is 13.4. The molecular weight excluding hydrogens is 496 g/mol. The van der Waals surface area contributed by atoms with Gasteiger partial charge < -0.3 is 31.8 Å². The van der Waals surface area contributed by atoms with Gasteiger partial charge in [0, 0.05) is 24.7 Å². The standard InChI is InChI=1S/C25H36N6O5S/c1-15(2)21(26)24(34)30-19(11-16-7-5-4-6-8-16)23(33)29-18(9-10-37-3)22(32)31-20(25(35)36)12-17-13-27-14-28-17/h4-8,13-15,18-21H,9-12,26H2,1-3H3,(H,27,28)(H,29,33)(H,30,34)(H,31,32)(H,35,36). The molecule has 1 heterocycles. The molecule has 0 aliphatic carbocycles. The summed E-state index contributed by atoms with van der Waals surface area (Å²) in [6.45, 7) is 3.61. The minimum atomic E-state index is -1.22. The van der Waals surface area contributed by atoms with Crippen LogP contribution in [0.15, 0.2) is 42.9 Å². The van der Waals surface area contributed by atoms with Crippen molar-refractivity contribution in [3.63, 3.8) is 0 Å². The molecule has 37 heavy (non-hydrogen) atoms. The van der Waals surface area contributed by atoms with Gasteiger partial charge in [-0.2, -0.15) is 11.8 Å². The Morgan fingerprint density at radius 2 is 1.59 bits per heavy atom. The molecule has 1 aromatic carbocycles. The molecule has 7 N–H and O–H groups in total. The third kappa shape index (κ3) is 9.89. The lowest BCUT2D eigenvalue weighted by Gasteiger charge is -2.26. The Hall–Kier alpha value is -3.38. The number of carboxylic acid groups (broad SMARTS) is 1. The van der Waals surface area contributed by atoms with Crippen molar-refractivity contribution in [2.45, 2.75) is 57.3 Å². The van der Waals surface area contributed by atoms with Crippen molar-refractivity contribution < 1.29 is 24.3 Å². The number of nitrogens with two attached hydrogens (primary N) is 1. The summed E-state index contributed by atoms with van der Waals surface area (Å²) in [5.41, 5.74) is 7.34. The zero-order valence-electron chi connectivity index (χ0n) is 21.3. The van der Waals surface area contributed by atoms with Crippen LogP contribution < -0.4 is 21.7 Å². The maximum Gasteiger partial charge on any atom is 0.326 e. The van der Waals surface area contributed by atoms with Gasteiger partial charge in [0.05, 0.1) is 12.4 Å². The van der Waals surface area contributed by atoms with Crippen molar-refractivity contribution in [1.29, 1.82) is 0 Å². The molecule has 4 unspecified atom stereocenters. The minimum Gasteiger partial charge on any atom is -0.480 e. The number of carboxylic acids is 1. The zero-order chi connectivity index (χ0) is 27.4. The Bertz CT molecular complexity index is 1020. The summed E-state index contributed by atoms with van der Waals surface area (Å²) in [6, 6.07) is 5.16. The Labute approximate surface area is 220 Å². The summed E-state index contributed by atoms with van der Waals surface area (Å²) in [7, 11) is 0. The van der Waals surface area contributed by atoms with Crippen LogP contribution in [0.1, 0.15) is 31.5 Å². The van der Waals surface area contributed by atoms with E-state index in [2.05, 4.69) is 25.9 Å². The number of carbonyl (C=O) groups excluding carboxylic acids is 3. The van der Waals surface area contributed by atoms with Crippen LogP contribution >= 0.6 is 11.8 Å². The van der Waals surface area contributed by atoms with Gasteiger partial charge in [-0.05, 0) is 29.9 Å². The van der Waals surface area contributed by atoms with Crippen LogP contribution in [0.5, 0.6) is 0 Å². The fourth-order valence-electron chi connectivity index (χ4n) is 3.50. The van der Waals surface area contributed by atoms with E-state index in [0.717, 1.165) is 5.56 Å². The largest absolute Gasteiger partial charge is 0.480 e. The first-order valence-electron chi connectivity index (χ1n) is 12.0. The smallest absolute Gasteiger partial charge is 0.326 e. The lowest BCUT2D eigenvalue weighted by atomic mass is 10.0. The monoisotopic (exact) mass is 532 g/mol. The van der Waals surface area contributed by atoms with Crippen molar-refractivity contribution in [3.05, 3.63) is 54.1 Å². The number of H-pyrrole nitrogens is 1. The third-order valence-corrected chi connectivity index (χ3v) is 6.42. The predicted molar refractivity (Wildman–Crippen MR) is 142 cm³/mol. The number of nitrogens with zero attached hydrogens (tertiary/aromatic N) is 1. The molecule has 11 nitrogen and oxygen atoms in total. The van der Waals surface area contributed by atoms with Crippen LogP contribution in [-0.2, 0) is 32.0 Å². The minimum absolute atomic E-state index is 0.00402. The van der Waals surface area contributed by atoms with Gasteiger partial charge in [0.2, 0.25) is 17.7 Å². The number of amides is 3. The fourth-order valence-corrected chi connectivity index (χ4v) is 3.97. The Morgan fingerprint density at radius 3 is 2.16 bits per heavy atom. The van der Waals surface area contributed by atoms with E-state index < -0.39 is 47.9 Å². The number of benzene rings is 1. The first kappa shape index (κ1) is 29.8. The summed E-state index contributed by atoms with van der Waals surface area (Å²) in [6.07, 6.45) is 5.23. The summed E-state index contributed by atoms with van der Waals surface area (Å²) >= 11 is 1.49. The fraction of sp³-hybridized carbons (Fsp3) is 0.480. The number of nitrogens with one attached hydrogen (secondary N) is 4. The predicted octanol–water partition coefficient (Wildman–Crippen LogP) is 0.470. The topological polar surface area (TPSA) is 179 Å². The molecule has 2 aromatic rings. The summed E-state index contributed by atoms with van der Waals surface area (Å²) in [5, 5.41) is 17.6. The SMILES string of the molecule is CSCCC(NC(=O)C(Cc1ccccc1)NC(=O)C(N)C(C)C)C(=O)NC(Cc1cnc[nH]1)C(=O)O. The second kappa shape index (κ2) is 15.0. The molecule has 4 atom stereocenters. The summed E-state index contributed by atoms with van der Waals surface area (Å²) < 4.78 is 0. The van der Waals surface area contributed by atoms with Crippen LogP contribution in [0, 0.1) is 5.92 Å². The highest BCUT2D eigenvalue weighted by Crippen LogP contribution is 2.08. The average molecular weight is 533 g/mol. The van der Waals surface area contributed by atoms with E-state index in [1.807, 2.05) is 36.6 Å². The third-order valence-electron chi connectivity index (χ3n) is 5.77. The number of hydrogen-bond acceptors (Lipinski definition) is 7.